The Morgan fingerprint density at radius 2 is 1.72 bits per heavy atom. The third-order valence-electron chi connectivity index (χ3n) is 6.14. The van der Waals surface area contributed by atoms with Gasteiger partial charge in [-0.15, -0.1) is 0 Å². The summed E-state index contributed by atoms with van der Waals surface area (Å²) >= 11 is 3.05. The lowest BCUT2D eigenvalue weighted by Crippen LogP contribution is -2.31. The van der Waals surface area contributed by atoms with Crippen LogP contribution in [0.1, 0.15) is 56.1 Å². The van der Waals surface area contributed by atoms with E-state index in [0.29, 0.717) is 5.56 Å². The highest BCUT2D eigenvalue weighted by Crippen LogP contribution is 2.39. The van der Waals surface area contributed by atoms with E-state index in [2.05, 4.69) is 31.1 Å². The summed E-state index contributed by atoms with van der Waals surface area (Å²) in [6.45, 7) is 1.52. The van der Waals surface area contributed by atoms with Crippen LogP contribution in [0.2, 0.25) is 0 Å². The average Bonchev–Trinajstić information content (AvgIpc) is 3.43. The summed E-state index contributed by atoms with van der Waals surface area (Å²) in [4.78, 5) is 26.3. The van der Waals surface area contributed by atoms with Gasteiger partial charge in [0.2, 0.25) is 0 Å². The van der Waals surface area contributed by atoms with Crippen LogP contribution in [0.25, 0.3) is 0 Å². The van der Waals surface area contributed by atoms with E-state index < -0.39 is 47.1 Å². The van der Waals surface area contributed by atoms with Crippen LogP contribution in [0.4, 0.5) is 32.2 Å². The number of aromatic nitrogens is 2. The standard InChI is InChI=1S/C25H21BrF6N4O3/c1-13(15-3-5-16(6-4-15)23(38)39-2)33-21(37)19-20(25(30,31)32)34-36-8-7-35(22(19)36)12-14-9-17(24(27,28)29)11-18(26)10-14/h3-6,9-11,13H,7-8,12H2,1-2H3,(H,33,37)/t13-/m0/s1. The fourth-order valence-corrected chi connectivity index (χ4v) is 4.86. The lowest BCUT2D eigenvalue weighted by Gasteiger charge is -2.21. The Bertz CT molecular complexity index is 1400. The minimum absolute atomic E-state index is 0.0103. The van der Waals surface area contributed by atoms with Crippen molar-refractivity contribution in [2.45, 2.75) is 38.4 Å². The van der Waals surface area contributed by atoms with Crippen molar-refractivity contribution < 1.29 is 40.7 Å². The second kappa shape index (κ2) is 10.5. The van der Waals surface area contributed by atoms with E-state index >= 15 is 0 Å². The number of halogens is 7. The summed E-state index contributed by atoms with van der Waals surface area (Å²) in [5, 5.41) is 6.15. The van der Waals surface area contributed by atoms with Gasteiger partial charge in [0, 0.05) is 17.6 Å². The van der Waals surface area contributed by atoms with Crippen molar-refractivity contribution in [3.05, 3.63) is 80.4 Å². The summed E-state index contributed by atoms with van der Waals surface area (Å²) in [7, 11) is 1.22. The molecule has 3 aromatic rings. The highest BCUT2D eigenvalue weighted by molar-refractivity contribution is 9.10. The maximum atomic E-state index is 13.9. The number of nitrogens with one attached hydrogen (secondary N) is 1. The van der Waals surface area contributed by atoms with Crippen LogP contribution in [-0.4, -0.2) is 35.3 Å². The molecule has 0 radical (unpaired) electrons. The molecule has 2 aromatic carbocycles. The van der Waals surface area contributed by atoms with Gasteiger partial charge < -0.3 is 15.0 Å². The van der Waals surface area contributed by atoms with Crippen molar-refractivity contribution in [2.75, 3.05) is 18.6 Å². The monoisotopic (exact) mass is 618 g/mol. The first-order valence-electron chi connectivity index (χ1n) is 11.5. The number of hydrogen-bond donors (Lipinski definition) is 1. The maximum Gasteiger partial charge on any atom is 0.436 e. The Morgan fingerprint density at radius 3 is 2.31 bits per heavy atom. The van der Waals surface area contributed by atoms with Gasteiger partial charge in [0.15, 0.2) is 5.69 Å². The molecule has 0 saturated heterocycles. The molecule has 1 atom stereocenters. The number of anilines is 1. The molecule has 0 bridgehead atoms. The molecule has 0 aliphatic carbocycles. The van der Waals surface area contributed by atoms with E-state index in [1.165, 1.54) is 42.3 Å². The van der Waals surface area contributed by atoms with Crippen molar-refractivity contribution in [3.8, 4) is 0 Å². The van der Waals surface area contributed by atoms with E-state index in [1.807, 2.05) is 0 Å². The van der Waals surface area contributed by atoms with Crippen LogP contribution in [0.5, 0.6) is 0 Å². The molecule has 14 heteroatoms. The molecule has 2 heterocycles. The lowest BCUT2D eigenvalue weighted by atomic mass is 10.1. The van der Waals surface area contributed by atoms with E-state index in [0.717, 1.165) is 16.8 Å². The van der Waals surface area contributed by atoms with Gasteiger partial charge in [-0.05, 0) is 48.4 Å². The van der Waals surface area contributed by atoms with Crippen LogP contribution < -0.4 is 10.2 Å². The first-order valence-corrected chi connectivity index (χ1v) is 12.3. The molecule has 1 amide bonds. The molecular weight excluding hydrogens is 598 g/mol. The number of esters is 1. The van der Waals surface area contributed by atoms with Gasteiger partial charge in [-0.3, -0.25) is 4.79 Å². The summed E-state index contributed by atoms with van der Waals surface area (Å²) in [6, 6.07) is 8.46. The van der Waals surface area contributed by atoms with Crippen LogP contribution in [-0.2, 0) is 30.2 Å². The third kappa shape index (κ3) is 6.05. The fraction of sp³-hybridized carbons (Fsp3) is 0.320. The van der Waals surface area contributed by atoms with E-state index in [4.69, 9.17) is 0 Å². The van der Waals surface area contributed by atoms with Gasteiger partial charge in [-0.2, -0.15) is 31.4 Å². The molecule has 1 aliphatic rings. The molecule has 0 spiro atoms. The third-order valence-corrected chi connectivity index (χ3v) is 6.60. The highest BCUT2D eigenvalue weighted by Gasteiger charge is 2.44. The molecule has 7 nitrogen and oxygen atoms in total. The Balaban J connectivity index is 1.65. The van der Waals surface area contributed by atoms with Crippen molar-refractivity contribution >= 4 is 33.6 Å². The van der Waals surface area contributed by atoms with Gasteiger partial charge in [0.1, 0.15) is 11.4 Å². The van der Waals surface area contributed by atoms with Crippen LogP contribution in [0.3, 0.4) is 0 Å². The van der Waals surface area contributed by atoms with Gasteiger partial charge in [0.25, 0.3) is 5.91 Å². The minimum Gasteiger partial charge on any atom is -0.465 e. The summed E-state index contributed by atoms with van der Waals surface area (Å²) in [5.41, 5.74) is -2.07. The van der Waals surface area contributed by atoms with Gasteiger partial charge in [-0.25, -0.2) is 9.48 Å². The van der Waals surface area contributed by atoms with Gasteiger partial charge in [-0.1, -0.05) is 28.1 Å². The van der Waals surface area contributed by atoms with Crippen LogP contribution in [0, 0.1) is 0 Å². The SMILES string of the molecule is COC(=O)c1ccc([C@H](C)NC(=O)c2c(C(F)(F)F)nn3c2N(Cc2cc(Br)cc(C(F)(F)F)c2)CC3)cc1. The zero-order valence-corrected chi connectivity index (χ0v) is 22.0. The molecule has 39 heavy (non-hydrogen) atoms. The van der Waals surface area contributed by atoms with Crippen molar-refractivity contribution in [2.24, 2.45) is 0 Å². The molecule has 208 valence electrons. The van der Waals surface area contributed by atoms with Crippen LogP contribution in [0.15, 0.2) is 46.9 Å². The predicted octanol–water partition coefficient (Wildman–Crippen LogP) is 5.98. The first kappa shape index (κ1) is 28.5. The number of carbonyl (C=O) groups is 2. The average molecular weight is 619 g/mol. The summed E-state index contributed by atoms with van der Waals surface area (Å²) < 4.78 is 87.5. The quantitative estimate of drug-likeness (QED) is 0.272. The molecular formula is C25H21BrF6N4O3. The number of alkyl halides is 6. The minimum atomic E-state index is -4.96. The molecule has 0 saturated carbocycles. The lowest BCUT2D eigenvalue weighted by molar-refractivity contribution is -0.142. The molecule has 4 rings (SSSR count). The van der Waals surface area contributed by atoms with E-state index in [1.54, 1.807) is 6.92 Å². The molecule has 1 N–H and O–H groups in total. The fourth-order valence-electron chi connectivity index (χ4n) is 4.32. The number of amides is 1. The molecule has 1 aromatic heterocycles. The Labute approximate surface area is 226 Å². The number of hydrogen-bond acceptors (Lipinski definition) is 5. The number of rotatable bonds is 6. The first-order chi connectivity index (χ1) is 18.2. The Kier molecular flexibility index (Phi) is 7.70. The van der Waals surface area contributed by atoms with Crippen molar-refractivity contribution in [3.63, 3.8) is 0 Å². The van der Waals surface area contributed by atoms with E-state index in [9.17, 15) is 35.9 Å². The topological polar surface area (TPSA) is 76.5 Å². The van der Waals surface area contributed by atoms with Crippen LogP contribution >= 0.6 is 15.9 Å². The van der Waals surface area contributed by atoms with Gasteiger partial charge in [0.05, 0.1) is 30.8 Å². The number of carbonyl (C=O) groups excluding carboxylic acids is 2. The summed E-state index contributed by atoms with van der Waals surface area (Å²) in [6.07, 6.45) is -9.58. The van der Waals surface area contributed by atoms with Crippen molar-refractivity contribution in [1.82, 2.24) is 15.1 Å². The molecule has 1 aliphatic heterocycles. The second-order valence-corrected chi connectivity index (χ2v) is 9.76. The summed E-state index contributed by atoms with van der Waals surface area (Å²) in [5.74, 6) is -1.76. The number of ether oxygens (including phenoxy) is 1. The molecule has 0 unspecified atom stereocenters. The number of nitrogens with zero attached hydrogens (tertiary/aromatic N) is 3. The normalized spacial score (nSPS) is 14.2. The zero-order valence-electron chi connectivity index (χ0n) is 20.5. The maximum absolute atomic E-state index is 13.9. The number of fused-ring (bicyclic) bond motifs is 1. The Hall–Kier alpha value is -3.55. The van der Waals surface area contributed by atoms with Gasteiger partial charge >= 0.3 is 18.3 Å². The number of benzene rings is 2. The second-order valence-electron chi connectivity index (χ2n) is 8.84. The highest BCUT2D eigenvalue weighted by atomic mass is 79.9. The zero-order chi connectivity index (χ0) is 28.7. The predicted molar refractivity (Wildman–Crippen MR) is 131 cm³/mol. The smallest absolute Gasteiger partial charge is 0.436 e. The van der Waals surface area contributed by atoms with E-state index in [-0.39, 0.29) is 41.1 Å². The van der Waals surface area contributed by atoms with Crippen molar-refractivity contribution in [1.29, 1.82) is 0 Å². The largest absolute Gasteiger partial charge is 0.465 e. The molecule has 0 fully saturated rings. The number of methoxy groups -OCH3 is 1. The Morgan fingerprint density at radius 1 is 1.05 bits per heavy atom.